The largest absolute Gasteiger partial charge is 0.458 e. The normalized spacial score (nSPS) is 12.7. The van der Waals surface area contributed by atoms with Crippen molar-refractivity contribution in [3.8, 4) is 17.2 Å². The van der Waals surface area contributed by atoms with Gasteiger partial charge in [-0.1, -0.05) is 166 Å². The molecule has 0 spiro atoms. The van der Waals surface area contributed by atoms with E-state index in [9.17, 15) is 0 Å². The van der Waals surface area contributed by atoms with Gasteiger partial charge in [-0.05, 0) is 135 Å². The summed E-state index contributed by atoms with van der Waals surface area (Å²) in [6, 6.07) is 93.0. The monoisotopic (exact) mass is 1010 g/mol. The summed E-state index contributed by atoms with van der Waals surface area (Å²) in [4.78, 5) is 7.24. The van der Waals surface area contributed by atoms with Crippen molar-refractivity contribution in [2.75, 3.05) is 14.7 Å². The van der Waals surface area contributed by atoms with Crippen molar-refractivity contribution in [2.24, 2.45) is 0 Å². The van der Waals surface area contributed by atoms with E-state index in [-0.39, 0.29) is 12.1 Å². The third-order valence-corrected chi connectivity index (χ3v) is 16.9. The second-order valence-corrected chi connectivity index (χ2v) is 22.3. The second-order valence-electron chi connectivity index (χ2n) is 21.3. The van der Waals surface area contributed by atoms with Crippen LogP contribution in [0.3, 0.4) is 0 Å². The Kier molecular flexibility index (Phi) is 10.3. The molecular weight excluding hydrogens is 956 g/mol. The Hall–Kier alpha value is -9.30. The van der Waals surface area contributed by atoms with Crippen LogP contribution in [-0.2, 0) is 5.41 Å². The van der Waals surface area contributed by atoms with E-state index in [1.165, 1.54) is 53.0 Å². The average molecular weight is 1010 g/mol. The summed E-state index contributed by atoms with van der Waals surface area (Å²) in [6.07, 6.45) is 0. The Morgan fingerprint density at radius 1 is 0.416 bits per heavy atom. The van der Waals surface area contributed by atoms with E-state index in [1.54, 1.807) is 0 Å². The van der Waals surface area contributed by atoms with Crippen LogP contribution in [0.2, 0.25) is 0 Å². The van der Waals surface area contributed by atoms with Crippen LogP contribution in [-0.4, -0.2) is 11.3 Å². The minimum atomic E-state index is -0.205. The van der Waals surface area contributed by atoms with Crippen LogP contribution in [0.1, 0.15) is 26.3 Å². The van der Waals surface area contributed by atoms with Crippen LogP contribution in [0.4, 0.5) is 51.2 Å². The third kappa shape index (κ3) is 7.22. The highest BCUT2D eigenvalue weighted by atomic mass is 32.1. The smallest absolute Gasteiger partial charge is 0.257 e. The maximum absolute atomic E-state index is 7.59. The van der Waals surface area contributed by atoms with Crippen molar-refractivity contribution in [3.05, 3.63) is 260 Å². The number of nitrogens with zero attached hydrogens (tertiary/aromatic N) is 4. The fraction of sp³-hybridized carbons (Fsp3) is 0.0571. The first kappa shape index (κ1) is 45.1. The second kappa shape index (κ2) is 17.7. The lowest BCUT2D eigenvalue weighted by Gasteiger charge is -2.42. The van der Waals surface area contributed by atoms with Gasteiger partial charge in [0.2, 0.25) is 0 Å². The molecule has 11 aromatic carbocycles. The molecule has 0 fully saturated rings. The number of para-hydroxylation sites is 6. The predicted molar refractivity (Wildman–Crippen MR) is 328 cm³/mol. The maximum atomic E-state index is 7.59. The topological polar surface area (TPSA) is 23.9 Å². The highest BCUT2D eigenvalue weighted by molar-refractivity contribution is 7.26. The van der Waals surface area contributed by atoms with Gasteiger partial charge in [-0.15, -0.1) is 11.3 Å². The number of ether oxygens (including phenoxy) is 1. The molecule has 2 aliphatic heterocycles. The molecule has 0 saturated carbocycles. The van der Waals surface area contributed by atoms with E-state index < -0.39 is 0 Å². The lowest BCUT2D eigenvalue weighted by Crippen LogP contribution is -2.59. The number of rotatable bonds is 8. The van der Waals surface area contributed by atoms with Crippen molar-refractivity contribution in [2.45, 2.75) is 26.2 Å². The van der Waals surface area contributed by atoms with Gasteiger partial charge in [0.25, 0.3) is 6.71 Å². The molecule has 13 aromatic rings. The maximum Gasteiger partial charge on any atom is 0.257 e. The highest BCUT2D eigenvalue weighted by Crippen LogP contribution is 2.51. The zero-order valence-electron chi connectivity index (χ0n) is 42.9. The summed E-state index contributed by atoms with van der Waals surface area (Å²) in [5, 5.41) is 4.99. The van der Waals surface area contributed by atoms with Gasteiger partial charge in [0.15, 0.2) is 0 Å². The average Bonchev–Trinajstić information content (AvgIpc) is 4.28. The molecule has 0 N–H and O–H groups in total. The Bertz CT molecular complexity index is 4280. The van der Waals surface area contributed by atoms with Crippen LogP contribution in [0.25, 0.3) is 47.7 Å². The molecule has 2 aromatic heterocycles. The summed E-state index contributed by atoms with van der Waals surface area (Å²) >= 11 is 1.89. The Morgan fingerprint density at radius 3 is 1.48 bits per heavy atom. The van der Waals surface area contributed by atoms with E-state index in [0.717, 1.165) is 79.3 Å². The van der Waals surface area contributed by atoms with Gasteiger partial charge in [0, 0.05) is 73.1 Å². The van der Waals surface area contributed by atoms with Crippen LogP contribution in [0, 0.1) is 0 Å². The summed E-state index contributed by atoms with van der Waals surface area (Å²) in [5.41, 5.74) is 17.9. The fourth-order valence-electron chi connectivity index (χ4n) is 12.3. The molecule has 0 saturated heterocycles. The zero-order valence-corrected chi connectivity index (χ0v) is 43.7. The van der Waals surface area contributed by atoms with Crippen LogP contribution < -0.4 is 35.8 Å². The number of hydrogen-bond acceptors (Lipinski definition) is 5. The molecule has 0 aliphatic carbocycles. The van der Waals surface area contributed by atoms with Crippen molar-refractivity contribution < 1.29 is 4.74 Å². The Labute approximate surface area is 452 Å². The number of thiophene rings is 1. The Morgan fingerprint density at radius 2 is 0.909 bits per heavy atom. The van der Waals surface area contributed by atoms with Gasteiger partial charge in [0.1, 0.15) is 11.5 Å². The fourth-order valence-corrected chi connectivity index (χ4v) is 13.5. The SMILES string of the molecule is CC(C)(C)c1ccc(N2c3cc(N(c4ccccc4)c4ccccc4)cc4c3B(c3ccc(N(c5ccccc5)c5ccccc5)cc3O4)c3c2cc(-n2c4ccccc4c4ccccc42)c2sc4ccccc4c32)cc1. The van der Waals surface area contributed by atoms with Crippen LogP contribution in [0.15, 0.2) is 255 Å². The number of benzene rings is 11. The molecule has 0 radical (unpaired) electrons. The molecule has 7 heteroatoms. The number of anilines is 9. The van der Waals surface area contributed by atoms with Crippen molar-refractivity contribution in [1.29, 1.82) is 0 Å². The van der Waals surface area contributed by atoms with E-state index >= 15 is 0 Å². The zero-order chi connectivity index (χ0) is 51.4. The van der Waals surface area contributed by atoms with Crippen LogP contribution >= 0.6 is 11.3 Å². The highest BCUT2D eigenvalue weighted by Gasteiger charge is 2.45. The van der Waals surface area contributed by atoms with Gasteiger partial charge in [0.05, 0.1) is 27.1 Å². The van der Waals surface area contributed by atoms with Gasteiger partial charge in [-0.3, -0.25) is 0 Å². The van der Waals surface area contributed by atoms with Gasteiger partial charge in [-0.25, -0.2) is 0 Å². The molecule has 0 bridgehead atoms. The minimum absolute atomic E-state index is 0.0349. The molecule has 2 aliphatic rings. The number of hydrogen-bond donors (Lipinski definition) is 0. The van der Waals surface area contributed by atoms with E-state index in [1.807, 2.05) is 11.3 Å². The molecular formula is C70H51BN4OS. The van der Waals surface area contributed by atoms with Crippen LogP contribution in [0.5, 0.6) is 11.5 Å². The van der Waals surface area contributed by atoms with E-state index in [0.29, 0.717) is 0 Å². The molecule has 366 valence electrons. The van der Waals surface area contributed by atoms with E-state index in [4.69, 9.17) is 4.74 Å². The van der Waals surface area contributed by atoms with Gasteiger partial charge >= 0.3 is 0 Å². The van der Waals surface area contributed by atoms with Crippen molar-refractivity contribution in [1.82, 2.24) is 4.57 Å². The first-order valence-corrected chi connectivity index (χ1v) is 27.3. The quantitative estimate of drug-likeness (QED) is 0.142. The molecule has 4 heterocycles. The van der Waals surface area contributed by atoms with E-state index in [2.05, 4.69) is 295 Å². The van der Waals surface area contributed by atoms with Crippen molar-refractivity contribution in [3.63, 3.8) is 0 Å². The standard InChI is InChI=1S/C70H51BN4OS/c1-70(2,3)46-36-38-51(39-37-46)74-60-42-53(73(49-26-12-6-13-27-49)50-28-14-7-15-29-50)44-64-67(60)71(57-41-40-52(43-63(57)76-64)72(47-22-8-4-9-23-47)48-24-10-5-11-25-48)68-61(74)45-62(69-66(68)56-32-18-21-35-65(56)77-69)75-58-33-19-16-30-54(58)55-31-17-20-34-59(55)75/h4-45H,1-3H3. The Balaban J connectivity index is 1.08. The molecule has 0 atom stereocenters. The first-order valence-electron chi connectivity index (χ1n) is 26.5. The summed E-state index contributed by atoms with van der Waals surface area (Å²) in [6.45, 7) is 6.67. The minimum Gasteiger partial charge on any atom is -0.458 e. The summed E-state index contributed by atoms with van der Waals surface area (Å²) < 4.78 is 12.6. The molecule has 0 amide bonds. The molecule has 0 unspecified atom stereocenters. The summed E-state index contributed by atoms with van der Waals surface area (Å²) in [5.74, 6) is 1.66. The lowest BCUT2D eigenvalue weighted by atomic mass is 9.33. The molecule has 77 heavy (non-hydrogen) atoms. The predicted octanol–water partition coefficient (Wildman–Crippen LogP) is 17.8. The van der Waals surface area contributed by atoms with Crippen molar-refractivity contribution >= 4 is 128 Å². The first-order chi connectivity index (χ1) is 37.9. The van der Waals surface area contributed by atoms with Gasteiger partial charge in [-0.2, -0.15) is 0 Å². The molecule has 15 rings (SSSR count). The summed E-state index contributed by atoms with van der Waals surface area (Å²) in [7, 11) is 0. The lowest BCUT2D eigenvalue weighted by molar-refractivity contribution is 0.488. The third-order valence-electron chi connectivity index (χ3n) is 15.7. The number of fused-ring (bicyclic) bond motifs is 11. The van der Waals surface area contributed by atoms with Gasteiger partial charge < -0.3 is 24.0 Å². The number of aromatic nitrogens is 1. The molecule has 5 nitrogen and oxygen atoms in total.